The Bertz CT molecular complexity index is 424. The number of anilines is 1. The molecule has 0 bridgehead atoms. The van der Waals surface area contributed by atoms with E-state index in [1.807, 2.05) is 0 Å². The van der Waals surface area contributed by atoms with Gasteiger partial charge in [0.25, 0.3) is 0 Å². The first-order valence-electron chi connectivity index (χ1n) is 7.50. The summed E-state index contributed by atoms with van der Waals surface area (Å²) in [5.41, 5.74) is 0.924. The first-order valence-corrected chi connectivity index (χ1v) is 7.50. The molecule has 0 aliphatic heterocycles. The number of alkyl halides is 3. The summed E-state index contributed by atoms with van der Waals surface area (Å²) in [4.78, 5) is 0. The predicted molar refractivity (Wildman–Crippen MR) is 77.7 cm³/mol. The highest BCUT2D eigenvalue weighted by Gasteiger charge is 2.28. The Labute approximate surface area is 123 Å². The molecular weight excluding hydrogens is 279 g/mol. The highest BCUT2D eigenvalue weighted by Crippen LogP contribution is 2.28. The summed E-state index contributed by atoms with van der Waals surface area (Å²) in [7, 11) is 0. The Kier molecular flexibility index (Phi) is 5.37. The number of hydrogen-bond donors (Lipinski definition) is 1. The van der Waals surface area contributed by atoms with Crippen molar-refractivity contribution in [2.75, 3.05) is 11.9 Å². The summed E-state index contributed by atoms with van der Waals surface area (Å²) in [6.45, 7) is 0.919. The van der Waals surface area contributed by atoms with Gasteiger partial charge in [0, 0.05) is 11.7 Å². The van der Waals surface area contributed by atoms with E-state index in [1.54, 1.807) is 24.3 Å². The highest BCUT2D eigenvalue weighted by atomic mass is 19.4. The number of halogens is 3. The first kappa shape index (κ1) is 16.0. The second-order valence-electron chi connectivity index (χ2n) is 5.76. The fourth-order valence-electron chi connectivity index (χ4n) is 2.83. The number of nitrogens with one attached hydrogen (secondary N) is 1. The van der Waals surface area contributed by atoms with Crippen molar-refractivity contribution in [2.24, 2.45) is 5.92 Å². The molecule has 1 aliphatic carbocycles. The third-order valence-corrected chi connectivity index (χ3v) is 4.01. The van der Waals surface area contributed by atoms with Crippen LogP contribution in [0, 0.1) is 5.92 Å². The molecular formula is C16H22F3NO. The standard InChI is InChI=1S/C16H22F3NO/c1-12(13-5-3-2-4-6-13)20-14-7-9-15(10-8-14)21-11-16(17,18)19/h7-10,12-13,20H,2-6,11H2,1H3. The molecule has 0 aromatic heterocycles. The molecule has 0 saturated heterocycles. The number of benzene rings is 1. The van der Waals surface area contributed by atoms with Gasteiger partial charge >= 0.3 is 6.18 Å². The van der Waals surface area contributed by atoms with Crippen molar-refractivity contribution in [3.8, 4) is 5.75 Å². The summed E-state index contributed by atoms with van der Waals surface area (Å²) in [5.74, 6) is 0.920. The highest BCUT2D eigenvalue weighted by molar-refractivity contribution is 5.47. The first-order chi connectivity index (χ1) is 9.94. The molecule has 0 heterocycles. The molecule has 1 aromatic carbocycles. The quantitative estimate of drug-likeness (QED) is 0.825. The van der Waals surface area contributed by atoms with Crippen molar-refractivity contribution < 1.29 is 17.9 Å². The third-order valence-electron chi connectivity index (χ3n) is 4.01. The van der Waals surface area contributed by atoms with Crippen molar-refractivity contribution in [1.82, 2.24) is 0 Å². The summed E-state index contributed by atoms with van der Waals surface area (Å²) in [5, 5.41) is 3.43. The second kappa shape index (κ2) is 7.05. The van der Waals surface area contributed by atoms with Crippen LogP contribution in [0.25, 0.3) is 0 Å². The predicted octanol–water partition coefficient (Wildman–Crippen LogP) is 5.01. The molecule has 1 N–H and O–H groups in total. The van der Waals surface area contributed by atoms with Crippen molar-refractivity contribution in [2.45, 2.75) is 51.2 Å². The van der Waals surface area contributed by atoms with Crippen molar-refractivity contribution in [1.29, 1.82) is 0 Å². The molecule has 1 unspecified atom stereocenters. The number of hydrogen-bond acceptors (Lipinski definition) is 2. The minimum absolute atomic E-state index is 0.239. The van der Waals surface area contributed by atoms with Crippen LogP contribution in [0.3, 0.4) is 0 Å². The van der Waals surface area contributed by atoms with Gasteiger partial charge in [-0.2, -0.15) is 13.2 Å². The van der Waals surface area contributed by atoms with Crippen LogP contribution in [-0.4, -0.2) is 18.8 Å². The molecule has 2 nitrogen and oxygen atoms in total. The summed E-state index contributed by atoms with van der Waals surface area (Å²) in [6, 6.07) is 7.06. The summed E-state index contributed by atoms with van der Waals surface area (Å²) in [6.07, 6.45) is 2.12. The largest absolute Gasteiger partial charge is 0.484 e. The molecule has 21 heavy (non-hydrogen) atoms. The monoisotopic (exact) mass is 301 g/mol. The van der Waals surface area contributed by atoms with Gasteiger partial charge < -0.3 is 10.1 Å². The van der Waals surface area contributed by atoms with E-state index >= 15 is 0 Å². The fourth-order valence-corrected chi connectivity index (χ4v) is 2.83. The van der Waals surface area contributed by atoms with Gasteiger partial charge in [-0.3, -0.25) is 0 Å². The number of ether oxygens (including phenoxy) is 1. The zero-order chi connectivity index (χ0) is 15.3. The molecule has 1 atom stereocenters. The normalized spacial score (nSPS) is 18.3. The van der Waals surface area contributed by atoms with Crippen LogP contribution < -0.4 is 10.1 Å². The molecule has 1 aromatic rings. The van der Waals surface area contributed by atoms with Gasteiger partial charge in [-0.25, -0.2) is 0 Å². The van der Waals surface area contributed by atoms with Gasteiger partial charge in [0.1, 0.15) is 5.75 Å². The molecule has 0 radical (unpaired) electrons. The molecule has 2 rings (SSSR count). The van der Waals surface area contributed by atoms with Gasteiger partial charge in [0.15, 0.2) is 6.61 Å². The Morgan fingerprint density at radius 3 is 2.33 bits per heavy atom. The smallest absolute Gasteiger partial charge is 0.422 e. The minimum Gasteiger partial charge on any atom is -0.484 e. The van der Waals surface area contributed by atoms with Gasteiger partial charge in [-0.15, -0.1) is 0 Å². The van der Waals surface area contributed by atoms with Crippen LogP contribution in [0.1, 0.15) is 39.0 Å². The third kappa shape index (κ3) is 5.48. The van der Waals surface area contributed by atoms with Gasteiger partial charge in [-0.05, 0) is 49.9 Å². The Morgan fingerprint density at radius 2 is 1.76 bits per heavy atom. The van der Waals surface area contributed by atoms with Gasteiger partial charge in [0.05, 0.1) is 0 Å². The Morgan fingerprint density at radius 1 is 1.14 bits per heavy atom. The van der Waals surface area contributed by atoms with Crippen molar-refractivity contribution in [3.05, 3.63) is 24.3 Å². The van der Waals surface area contributed by atoms with Crippen LogP contribution in [-0.2, 0) is 0 Å². The maximum atomic E-state index is 12.1. The Balaban J connectivity index is 1.84. The average Bonchev–Trinajstić information content (AvgIpc) is 2.46. The van der Waals surface area contributed by atoms with Crippen molar-refractivity contribution in [3.63, 3.8) is 0 Å². The fraction of sp³-hybridized carbons (Fsp3) is 0.625. The van der Waals surface area contributed by atoms with E-state index in [1.165, 1.54) is 32.1 Å². The zero-order valence-corrected chi connectivity index (χ0v) is 12.2. The van der Waals surface area contributed by atoms with Gasteiger partial charge in [-0.1, -0.05) is 19.3 Å². The van der Waals surface area contributed by atoms with Crippen LogP contribution in [0.4, 0.5) is 18.9 Å². The Hall–Kier alpha value is -1.39. The van der Waals surface area contributed by atoms with Crippen LogP contribution in [0.15, 0.2) is 24.3 Å². The van der Waals surface area contributed by atoms with Crippen molar-refractivity contribution >= 4 is 5.69 Å². The average molecular weight is 301 g/mol. The summed E-state index contributed by atoms with van der Waals surface area (Å²) < 4.78 is 40.9. The molecule has 0 amide bonds. The second-order valence-corrected chi connectivity index (χ2v) is 5.76. The maximum Gasteiger partial charge on any atom is 0.422 e. The molecule has 1 saturated carbocycles. The van der Waals surface area contributed by atoms with Gasteiger partial charge in [0.2, 0.25) is 0 Å². The van der Waals surface area contributed by atoms with E-state index in [9.17, 15) is 13.2 Å². The topological polar surface area (TPSA) is 21.3 Å². The molecule has 0 spiro atoms. The van der Waals surface area contributed by atoms with Crippen LogP contribution >= 0.6 is 0 Å². The SMILES string of the molecule is CC(Nc1ccc(OCC(F)(F)F)cc1)C1CCCCC1. The lowest BCUT2D eigenvalue weighted by Crippen LogP contribution is -2.27. The summed E-state index contributed by atoms with van der Waals surface area (Å²) >= 11 is 0. The van der Waals surface area contributed by atoms with E-state index in [2.05, 4.69) is 12.2 Å². The molecule has 5 heteroatoms. The van der Waals surface area contributed by atoms with E-state index < -0.39 is 12.8 Å². The van der Waals surface area contributed by atoms with E-state index in [-0.39, 0.29) is 5.75 Å². The minimum atomic E-state index is -4.30. The van der Waals surface area contributed by atoms with Crippen LogP contribution in [0.5, 0.6) is 5.75 Å². The van der Waals surface area contributed by atoms with E-state index in [4.69, 9.17) is 4.74 Å². The lowest BCUT2D eigenvalue weighted by molar-refractivity contribution is -0.153. The van der Waals surface area contributed by atoms with Crippen LogP contribution in [0.2, 0.25) is 0 Å². The lowest BCUT2D eigenvalue weighted by atomic mass is 9.84. The molecule has 118 valence electrons. The lowest BCUT2D eigenvalue weighted by Gasteiger charge is -2.29. The number of rotatable bonds is 5. The van der Waals surface area contributed by atoms with E-state index in [0.717, 1.165) is 5.69 Å². The van der Waals surface area contributed by atoms with E-state index in [0.29, 0.717) is 12.0 Å². The molecule has 1 fully saturated rings. The molecule has 1 aliphatic rings. The maximum absolute atomic E-state index is 12.1. The zero-order valence-electron chi connectivity index (χ0n) is 12.2.